The Morgan fingerprint density at radius 3 is 2.27 bits per heavy atom. The fourth-order valence-electron chi connectivity index (χ4n) is 4.10. The predicted molar refractivity (Wildman–Crippen MR) is 165 cm³/mol. The van der Waals surface area contributed by atoms with Crippen molar-refractivity contribution in [2.75, 3.05) is 5.75 Å². The third kappa shape index (κ3) is 7.29. The van der Waals surface area contributed by atoms with Gasteiger partial charge in [0, 0.05) is 11.3 Å². The Hall–Kier alpha value is -4.69. The summed E-state index contributed by atoms with van der Waals surface area (Å²) in [4.78, 5) is 12.6. The van der Waals surface area contributed by atoms with E-state index in [4.69, 9.17) is 4.74 Å². The maximum Gasteiger partial charge on any atom is 0.250 e. The monoisotopic (exact) mass is 561 g/mol. The number of nitrogens with zero attached hydrogens (tertiary/aromatic N) is 4. The highest BCUT2D eigenvalue weighted by atomic mass is 32.2. The third-order valence-corrected chi connectivity index (χ3v) is 7.16. The summed E-state index contributed by atoms with van der Waals surface area (Å²) < 4.78 is 7.85. The Balaban J connectivity index is 1.26. The predicted octanol–water partition coefficient (Wildman–Crippen LogP) is 7.27. The molecule has 0 atom stereocenters. The number of amides is 1. The van der Waals surface area contributed by atoms with Gasteiger partial charge in [-0.1, -0.05) is 105 Å². The number of hydrazone groups is 1. The fourth-order valence-corrected chi connectivity index (χ4v) is 4.85. The van der Waals surface area contributed by atoms with Crippen LogP contribution in [-0.4, -0.2) is 32.6 Å². The van der Waals surface area contributed by atoms with Crippen LogP contribution in [0.1, 0.15) is 31.9 Å². The summed E-state index contributed by atoms with van der Waals surface area (Å²) in [6.45, 7) is 6.57. The van der Waals surface area contributed by atoms with Crippen LogP contribution in [0.4, 0.5) is 0 Å². The minimum Gasteiger partial charge on any atom is -0.457 e. The van der Waals surface area contributed by atoms with Crippen LogP contribution in [0.15, 0.2) is 119 Å². The van der Waals surface area contributed by atoms with Crippen LogP contribution in [0.25, 0.3) is 17.1 Å². The number of nitrogens with one attached hydrogen (secondary N) is 1. The van der Waals surface area contributed by atoms with Crippen molar-refractivity contribution in [1.82, 2.24) is 20.2 Å². The minimum atomic E-state index is -0.248. The Bertz CT molecular complexity index is 1630. The van der Waals surface area contributed by atoms with Crippen molar-refractivity contribution >= 4 is 23.9 Å². The maximum absolute atomic E-state index is 12.6. The van der Waals surface area contributed by atoms with Gasteiger partial charge in [-0.3, -0.25) is 9.36 Å². The molecule has 0 fully saturated rings. The number of hydrogen-bond donors (Lipinski definition) is 1. The molecule has 0 saturated carbocycles. The topological polar surface area (TPSA) is 81.4 Å². The van der Waals surface area contributed by atoms with E-state index in [-0.39, 0.29) is 17.1 Å². The van der Waals surface area contributed by atoms with E-state index < -0.39 is 0 Å². The normalized spacial score (nSPS) is 11.5. The molecule has 8 heteroatoms. The lowest BCUT2D eigenvalue weighted by Gasteiger charge is -2.19. The first-order valence-electron chi connectivity index (χ1n) is 13.3. The number of thioether (sulfide) groups is 1. The summed E-state index contributed by atoms with van der Waals surface area (Å²) in [7, 11) is 0. The standard InChI is InChI=1S/C33H31N5O2S/c1-33(2,3)26-19-17-25(18-20-26)31-36-37-32(38(31)27-12-6-4-7-13-27)41-23-30(39)35-34-22-24-11-10-16-29(21-24)40-28-14-8-5-9-15-28/h4-22H,23H2,1-3H3,(H,35,39)/b34-22-. The number of carbonyl (C=O) groups excluding carboxylic acids is 1. The molecule has 41 heavy (non-hydrogen) atoms. The van der Waals surface area contributed by atoms with Gasteiger partial charge in [0.2, 0.25) is 0 Å². The highest BCUT2D eigenvalue weighted by Gasteiger charge is 2.19. The van der Waals surface area contributed by atoms with Crippen molar-refractivity contribution in [3.05, 3.63) is 120 Å². The summed E-state index contributed by atoms with van der Waals surface area (Å²) in [6.07, 6.45) is 1.59. The highest BCUT2D eigenvalue weighted by Crippen LogP contribution is 2.30. The molecular formula is C33H31N5O2S. The van der Waals surface area contributed by atoms with Crippen LogP contribution in [0.2, 0.25) is 0 Å². The van der Waals surface area contributed by atoms with E-state index in [1.807, 2.05) is 89.5 Å². The van der Waals surface area contributed by atoms with Gasteiger partial charge in [0.05, 0.1) is 12.0 Å². The Morgan fingerprint density at radius 2 is 1.56 bits per heavy atom. The molecule has 1 N–H and O–H groups in total. The van der Waals surface area contributed by atoms with Gasteiger partial charge in [0.25, 0.3) is 5.91 Å². The Kier molecular flexibility index (Phi) is 8.60. The van der Waals surface area contributed by atoms with Crippen molar-refractivity contribution in [1.29, 1.82) is 0 Å². The van der Waals surface area contributed by atoms with E-state index in [0.29, 0.717) is 10.9 Å². The molecule has 206 valence electrons. The summed E-state index contributed by atoms with van der Waals surface area (Å²) >= 11 is 1.31. The van der Waals surface area contributed by atoms with Crippen molar-refractivity contribution in [2.24, 2.45) is 5.10 Å². The molecule has 1 amide bonds. The zero-order chi connectivity index (χ0) is 28.7. The number of para-hydroxylation sites is 2. The van der Waals surface area contributed by atoms with E-state index in [2.05, 4.69) is 65.8 Å². The smallest absolute Gasteiger partial charge is 0.250 e. The minimum absolute atomic E-state index is 0.0568. The molecule has 0 saturated heterocycles. The first kappa shape index (κ1) is 27.9. The molecule has 0 radical (unpaired) electrons. The van der Waals surface area contributed by atoms with Crippen LogP contribution in [0.3, 0.4) is 0 Å². The largest absolute Gasteiger partial charge is 0.457 e. The zero-order valence-corrected chi connectivity index (χ0v) is 24.0. The maximum atomic E-state index is 12.6. The molecule has 5 aromatic rings. The summed E-state index contributed by atoms with van der Waals surface area (Å²) in [5.74, 6) is 2.03. The van der Waals surface area contributed by atoms with Crippen LogP contribution < -0.4 is 10.2 Å². The van der Waals surface area contributed by atoms with Crippen LogP contribution in [0, 0.1) is 0 Å². The molecule has 0 aliphatic rings. The van der Waals surface area contributed by atoms with E-state index >= 15 is 0 Å². The highest BCUT2D eigenvalue weighted by molar-refractivity contribution is 7.99. The molecule has 1 aromatic heterocycles. The molecule has 0 aliphatic heterocycles. The molecule has 0 spiro atoms. The second-order valence-electron chi connectivity index (χ2n) is 10.4. The van der Waals surface area contributed by atoms with Gasteiger partial charge in [-0.25, -0.2) is 5.43 Å². The molecule has 0 unspecified atom stereocenters. The molecule has 7 nitrogen and oxygen atoms in total. The Morgan fingerprint density at radius 1 is 0.878 bits per heavy atom. The molecule has 5 rings (SSSR count). The first-order valence-corrected chi connectivity index (χ1v) is 14.2. The average molecular weight is 562 g/mol. The van der Waals surface area contributed by atoms with Crippen LogP contribution in [-0.2, 0) is 10.2 Å². The zero-order valence-electron chi connectivity index (χ0n) is 23.2. The molecule has 0 aliphatic carbocycles. The van der Waals surface area contributed by atoms with E-state index in [1.54, 1.807) is 6.21 Å². The first-order chi connectivity index (χ1) is 19.9. The second kappa shape index (κ2) is 12.7. The van der Waals surface area contributed by atoms with Gasteiger partial charge >= 0.3 is 0 Å². The van der Waals surface area contributed by atoms with Gasteiger partial charge in [0.1, 0.15) is 11.5 Å². The van der Waals surface area contributed by atoms with Gasteiger partial charge in [-0.2, -0.15) is 5.10 Å². The van der Waals surface area contributed by atoms with Gasteiger partial charge in [-0.15, -0.1) is 10.2 Å². The number of aromatic nitrogens is 3. The number of carbonyl (C=O) groups is 1. The van der Waals surface area contributed by atoms with Gasteiger partial charge < -0.3 is 4.74 Å². The van der Waals surface area contributed by atoms with Gasteiger partial charge in [0.15, 0.2) is 11.0 Å². The molecular weight excluding hydrogens is 530 g/mol. The third-order valence-electron chi connectivity index (χ3n) is 6.23. The SMILES string of the molecule is CC(C)(C)c1ccc(-c2nnc(SCC(=O)N/N=C\c3cccc(Oc4ccccc4)c3)n2-c2ccccc2)cc1. The van der Waals surface area contributed by atoms with Crippen molar-refractivity contribution in [2.45, 2.75) is 31.3 Å². The van der Waals surface area contributed by atoms with Crippen molar-refractivity contribution in [3.63, 3.8) is 0 Å². The van der Waals surface area contributed by atoms with Crippen molar-refractivity contribution in [3.8, 4) is 28.6 Å². The van der Waals surface area contributed by atoms with E-state index in [9.17, 15) is 4.79 Å². The van der Waals surface area contributed by atoms with Gasteiger partial charge in [-0.05, 0) is 52.9 Å². The molecule has 0 bridgehead atoms. The lowest BCUT2D eigenvalue weighted by atomic mass is 9.87. The number of hydrogen-bond acceptors (Lipinski definition) is 6. The number of ether oxygens (including phenoxy) is 1. The summed E-state index contributed by atoms with van der Waals surface area (Å²) in [6, 6.07) is 35.3. The molecule has 4 aromatic carbocycles. The van der Waals surface area contributed by atoms with E-state index in [0.717, 1.165) is 28.4 Å². The average Bonchev–Trinajstić information content (AvgIpc) is 3.41. The van der Waals surface area contributed by atoms with Crippen molar-refractivity contribution < 1.29 is 9.53 Å². The lowest BCUT2D eigenvalue weighted by molar-refractivity contribution is -0.118. The molecule has 1 heterocycles. The van der Waals surface area contributed by atoms with Crippen LogP contribution in [0.5, 0.6) is 11.5 Å². The summed E-state index contributed by atoms with van der Waals surface area (Å²) in [5, 5.41) is 13.7. The number of benzene rings is 4. The second-order valence-corrected chi connectivity index (χ2v) is 11.3. The lowest BCUT2D eigenvalue weighted by Crippen LogP contribution is -2.20. The van der Waals surface area contributed by atoms with E-state index in [1.165, 1.54) is 17.3 Å². The fraction of sp³-hybridized carbons (Fsp3) is 0.152. The number of rotatable bonds is 9. The summed E-state index contributed by atoms with van der Waals surface area (Å²) in [5.41, 5.74) is 6.58. The quantitative estimate of drug-likeness (QED) is 0.116. The Labute approximate surface area is 244 Å². The van der Waals surface area contributed by atoms with Crippen LogP contribution >= 0.6 is 11.8 Å².